The summed E-state index contributed by atoms with van der Waals surface area (Å²) < 4.78 is 2.19. The molecule has 2 amide bonds. The quantitative estimate of drug-likeness (QED) is 0.505. The fraction of sp³-hybridized carbons (Fsp3) is 0.286. The number of rotatable bonds is 3. The SMILES string of the molecule is CCc1cccc(C)c1-n1c(C)cc(/C=C2/C(=O)NC(=S)N(C)C2=O)c1C. The summed E-state index contributed by atoms with van der Waals surface area (Å²) in [5, 5.41) is 2.68. The van der Waals surface area contributed by atoms with Gasteiger partial charge in [-0.3, -0.25) is 19.8 Å². The van der Waals surface area contributed by atoms with E-state index in [9.17, 15) is 9.59 Å². The van der Waals surface area contributed by atoms with Gasteiger partial charge in [-0.2, -0.15) is 0 Å². The normalized spacial score (nSPS) is 16.3. The van der Waals surface area contributed by atoms with Crippen LogP contribution in [0.15, 0.2) is 29.8 Å². The van der Waals surface area contributed by atoms with Gasteiger partial charge in [0.1, 0.15) is 5.57 Å². The Bertz CT molecular complexity index is 1000. The molecule has 1 aromatic carbocycles. The Morgan fingerprint density at radius 2 is 1.89 bits per heavy atom. The summed E-state index contributed by atoms with van der Waals surface area (Å²) in [4.78, 5) is 26.0. The topological polar surface area (TPSA) is 54.3 Å². The number of para-hydroxylation sites is 1. The number of amides is 2. The predicted octanol–water partition coefficient (Wildman–Crippen LogP) is 3.22. The van der Waals surface area contributed by atoms with Gasteiger partial charge in [-0.05, 0) is 68.2 Å². The summed E-state index contributed by atoms with van der Waals surface area (Å²) in [6.45, 7) is 8.27. The minimum atomic E-state index is -0.460. The van der Waals surface area contributed by atoms with Crippen molar-refractivity contribution in [1.29, 1.82) is 0 Å². The Kier molecular flexibility index (Phi) is 5.02. The molecule has 140 valence electrons. The fourth-order valence-electron chi connectivity index (χ4n) is 3.50. The number of hydrogen-bond donors (Lipinski definition) is 1. The molecule has 1 fully saturated rings. The van der Waals surface area contributed by atoms with E-state index in [-0.39, 0.29) is 10.7 Å². The number of hydrogen-bond acceptors (Lipinski definition) is 3. The smallest absolute Gasteiger partial charge is 0.265 e. The molecule has 0 unspecified atom stereocenters. The summed E-state index contributed by atoms with van der Waals surface area (Å²) in [7, 11) is 1.56. The van der Waals surface area contributed by atoms with Gasteiger partial charge in [-0.25, -0.2) is 0 Å². The van der Waals surface area contributed by atoms with Crippen LogP contribution in [-0.4, -0.2) is 33.4 Å². The summed E-state index contributed by atoms with van der Waals surface area (Å²) in [6.07, 6.45) is 2.58. The summed E-state index contributed by atoms with van der Waals surface area (Å²) in [6, 6.07) is 8.30. The molecule has 0 aliphatic carbocycles. The molecule has 2 aromatic rings. The lowest BCUT2D eigenvalue weighted by molar-refractivity contribution is -0.128. The molecule has 2 heterocycles. The molecule has 0 radical (unpaired) electrons. The molecule has 1 saturated heterocycles. The van der Waals surface area contributed by atoms with Gasteiger partial charge in [-0.15, -0.1) is 0 Å². The zero-order chi connectivity index (χ0) is 19.9. The molecule has 0 atom stereocenters. The number of nitrogens with zero attached hydrogens (tertiary/aromatic N) is 2. The molecule has 1 N–H and O–H groups in total. The van der Waals surface area contributed by atoms with Crippen molar-refractivity contribution in [3.8, 4) is 5.69 Å². The summed E-state index contributed by atoms with van der Waals surface area (Å²) in [5.41, 5.74) is 6.58. The molecule has 1 aromatic heterocycles. The highest BCUT2D eigenvalue weighted by Gasteiger charge is 2.31. The van der Waals surface area contributed by atoms with Crippen molar-refractivity contribution >= 4 is 35.2 Å². The van der Waals surface area contributed by atoms with Gasteiger partial charge in [-0.1, -0.05) is 25.1 Å². The number of carbonyl (C=O) groups excluding carboxylic acids is 2. The molecule has 0 saturated carbocycles. The monoisotopic (exact) mass is 381 g/mol. The second-order valence-corrected chi connectivity index (χ2v) is 7.17. The summed E-state index contributed by atoms with van der Waals surface area (Å²) >= 11 is 5.00. The third kappa shape index (κ3) is 3.21. The van der Waals surface area contributed by atoms with Gasteiger partial charge in [0.15, 0.2) is 5.11 Å². The molecule has 5 nitrogen and oxygen atoms in total. The largest absolute Gasteiger partial charge is 0.317 e. The van der Waals surface area contributed by atoms with Crippen molar-refractivity contribution in [2.45, 2.75) is 34.1 Å². The Morgan fingerprint density at radius 3 is 2.56 bits per heavy atom. The zero-order valence-electron chi connectivity index (χ0n) is 16.2. The maximum Gasteiger partial charge on any atom is 0.265 e. The van der Waals surface area contributed by atoms with E-state index in [0.29, 0.717) is 0 Å². The first-order valence-electron chi connectivity index (χ1n) is 8.89. The molecular weight excluding hydrogens is 358 g/mol. The molecular formula is C21H23N3O2S. The second-order valence-electron chi connectivity index (χ2n) is 6.78. The Hall–Kier alpha value is -2.73. The molecule has 3 rings (SSSR count). The average molecular weight is 382 g/mol. The van der Waals surface area contributed by atoms with Crippen LogP contribution in [0.3, 0.4) is 0 Å². The second kappa shape index (κ2) is 7.12. The average Bonchev–Trinajstić information content (AvgIpc) is 2.90. The van der Waals surface area contributed by atoms with Crippen LogP contribution in [0.1, 0.15) is 35.0 Å². The van der Waals surface area contributed by atoms with Gasteiger partial charge < -0.3 is 4.57 Å². The van der Waals surface area contributed by atoms with Crippen LogP contribution >= 0.6 is 12.2 Å². The number of aryl methyl sites for hydroxylation is 3. The van der Waals surface area contributed by atoms with E-state index in [2.05, 4.69) is 41.9 Å². The van der Waals surface area contributed by atoms with Crippen molar-refractivity contribution in [1.82, 2.24) is 14.8 Å². The predicted molar refractivity (Wildman–Crippen MR) is 111 cm³/mol. The minimum Gasteiger partial charge on any atom is -0.317 e. The Labute approximate surface area is 164 Å². The zero-order valence-corrected chi connectivity index (χ0v) is 17.0. The number of benzene rings is 1. The highest BCUT2D eigenvalue weighted by molar-refractivity contribution is 7.80. The van der Waals surface area contributed by atoms with Gasteiger partial charge >= 0.3 is 0 Å². The third-order valence-corrected chi connectivity index (χ3v) is 5.38. The number of likely N-dealkylation sites (N-methyl/N-ethyl adjacent to an activating group) is 1. The van der Waals surface area contributed by atoms with Crippen LogP contribution in [0.4, 0.5) is 0 Å². The first kappa shape index (κ1) is 19.0. The van der Waals surface area contributed by atoms with E-state index in [1.807, 2.05) is 19.9 Å². The third-order valence-electron chi connectivity index (χ3n) is 5.00. The van der Waals surface area contributed by atoms with Gasteiger partial charge in [0.05, 0.1) is 5.69 Å². The Morgan fingerprint density at radius 1 is 1.19 bits per heavy atom. The van der Waals surface area contributed by atoms with Crippen LogP contribution in [0.2, 0.25) is 0 Å². The maximum absolute atomic E-state index is 12.5. The standard InChI is InChI=1S/C21H23N3O2S/c1-6-15-9-7-8-12(2)18(15)24-13(3)10-16(14(24)4)11-17-19(25)22-21(27)23(5)20(17)26/h7-11H,6H2,1-5H3,(H,22,25,27)/b17-11-. The molecule has 1 aliphatic rings. The van der Waals surface area contributed by atoms with Gasteiger partial charge in [0.2, 0.25) is 0 Å². The van der Waals surface area contributed by atoms with Gasteiger partial charge in [0.25, 0.3) is 11.8 Å². The molecule has 6 heteroatoms. The molecule has 1 aliphatic heterocycles. The van der Waals surface area contributed by atoms with Crippen molar-refractivity contribution < 1.29 is 9.59 Å². The first-order valence-corrected chi connectivity index (χ1v) is 9.30. The van der Waals surface area contributed by atoms with Crippen molar-refractivity contribution in [2.75, 3.05) is 7.05 Å². The van der Waals surface area contributed by atoms with Crippen molar-refractivity contribution in [3.05, 3.63) is 57.9 Å². The number of carbonyl (C=O) groups is 2. The molecule has 27 heavy (non-hydrogen) atoms. The van der Waals surface area contributed by atoms with Crippen LogP contribution in [0.5, 0.6) is 0 Å². The van der Waals surface area contributed by atoms with E-state index in [4.69, 9.17) is 12.2 Å². The fourth-order valence-corrected chi connectivity index (χ4v) is 3.68. The first-order chi connectivity index (χ1) is 12.8. The minimum absolute atomic E-state index is 0.0897. The lowest BCUT2D eigenvalue weighted by Crippen LogP contribution is -2.52. The van der Waals surface area contributed by atoms with E-state index in [0.717, 1.165) is 29.1 Å². The van der Waals surface area contributed by atoms with Crippen LogP contribution in [0, 0.1) is 20.8 Å². The molecule has 0 bridgehead atoms. The number of nitrogens with one attached hydrogen (secondary N) is 1. The number of aromatic nitrogens is 1. The lowest BCUT2D eigenvalue weighted by atomic mass is 10.0. The maximum atomic E-state index is 12.5. The van der Waals surface area contributed by atoms with E-state index in [1.54, 1.807) is 13.1 Å². The Balaban J connectivity index is 2.15. The van der Waals surface area contributed by atoms with Crippen molar-refractivity contribution in [3.63, 3.8) is 0 Å². The van der Waals surface area contributed by atoms with Crippen LogP contribution in [0.25, 0.3) is 11.8 Å². The molecule has 0 spiro atoms. The van der Waals surface area contributed by atoms with Crippen molar-refractivity contribution in [2.24, 2.45) is 0 Å². The van der Waals surface area contributed by atoms with Crippen LogP contribution in [-0.2, 0) is 16.0 Å². The highest BCUT2D eigenvalue weighted by atomic mass is 32.1. The number of thiocarbonyl (C=S) groups is 1. The van der Waals surface area contributed by atoms with E-state index < -0.39 is 11.8 Å². The van der Waals surface area contributed by atoms with E-state index in [1.165, 1.54) is 16.0 Å². The van der Waals surface area contributed by atoms with Gasteiger partial charge in [0, 0.05) is 18.4 Å². The highest BCUT2D eigenvalue weighted by Crippen LogP contribution is 2.28. The van der Waals surface area contributed by atoms with E-state index >= 15 is 0 Å². The van der Waals surface area contributed by atoms with Crippen LogP contribution < -0.4 is 5.32 Å². The lowest BCUT2D eigenvalue weighted by Gasteiger charge is -2.25. The summed E-state index contributed by atoms with van der Waals surface area (Å²) in [5.74, 6) is -0.850.